The number of benzene rings is 1. The molecule has 1 nitrogen and oxygen atoms in total. The van der Waals surface area contributed by atoms with Gasteiger partial charge >= 0.3 is 0 Å². The Balaban J connectivity index is 2.55. The van der Waals surface area contributed by atoms with Gasteiger partial charge in [0.2, 0.25) is 0 Å². The second-order valence-electron chi connectivity index (χ2n) is 2.72. The van der Waals surface area contributed by atoms with E-state index in [1.54, 1.807) is 0 Å². The lowest BCUT2D eigenvalue weighted by molar-refractivity contribution is 1.07. The highest BCUT2D eigenvalue weighted by Gasteiger charge is 1.95. The minimum atomic E-state index is 1.05. The zero-order valence-corrected chi connectivity index (χ0v) is 6.77. The molecule has 0 fully saturated rings. The summed E-state index contributed by atoms with van der Waals surface area (Å²) in [5.74, 6) is 0. The van der Waals surface area contributed by atoms with E-state index in [4.69, 9.17) is 0 Å². The molecule has 0 saturated carbocycles. The lowest BCUT2D eigenvalue weighted by Crippen LogP contribution is -1.91. The summed E-state index contributed by atoms with van der Waals surface area (Å²) in [5, 5.41) is 0. The molecule has 1 radical (unpaired) electrons. The van der Waals surface area contributed by atoms with Gasteiger partial charge in [-0.05, 0) is 30.7 Å². The summed E-state index contributed by atoms with van der Waals surface area (Å²) in [7, 11) is 0. The first kappa shape index (κ1) is 7.17. The van der Waals surface area contributed by atoms with E-state index >= 15 is 0 Å². The Morgan fingerprint density at radius 2 is 1.58 bits per heavy atom. The van der Waals surface area contributed by atoms with Crippen molar-refractivity contribution in [3.05, 3.63) is 61.3 Å². The second-order valence-corrected chi connectivity index (χ2v) is 2.72. The fourth-order valence-electron chi connectivity index (χ4n) is 1.26. The van der Waals surface area contributed by atoms with E-state index < -0.39 is 0 Å². The Bertz CT molecular complexity index is 360. The molecule has 0 bridgehead atoms. The van der Waals surface area contributed by atoms with Gasteiger partial charge in [0.15, 0.2) is 0 Å². The highest BCUT2D eigenvalue weighted by Crippen LogP contribution is 2.12. The summed E-state index contributed by atoms with van der Waals surface area (Å²) >= 11 is 0. The van der Waals surface area contributed by atoms with Crippen molar-refractivity contribution in [2.24, 2.45) is 0 Å². The lowest BCUT2D eigenvalue weighted by Gasteiger charge is -2.05. The predicted octanol–water partition coefficient (Wildman–Crippen LogP) is 2.66. The van der Waals surface area contributed by atoms with Crippen molar-refractivity contribution in [3.63, 3.8) is 0 Å². The predicted molar refractivity (Wildman–Crippen MR) is 50.2 cm³/mol. The highest BCUT2D eigenvalue weighted by molar-refractivity contribution is 5.42. The lowest BCUT2D eigenvalue weighted by atomic mass is 10.2. The number of rotatable bonds is 1. The van der Waals surface area contributed by atoms with Gasteiger partial charge in [0, 0.05) is 18.1 Å². The first-order valence-electron chi connectivity index (χ1n) is 3.92. The van der Waals surface area contributed by atoms with Gasteiger partial charge in [0.25, 0.3) is 0 Å². The number of hydrogen-bond acceptors (Lipinski definition) is 0. The monoisotopic (exact) mass is 156 g/mol. The smallest absolute Gasteiger partial charge is 0.0481 e. The normalized spacial score (nSPS) is 10.1. The van der Waals surface area contributed by atoms with Gasteiger partial charge in [0.1, 0.15) is 0 Å². The second kappa shape index (κ2) is 2.86. The van der Waals surface area contributed by atoms with E-state index in [2.05, 4.69) is 17.6 Å². The molecule has 0 N–H and O–H groups in total. The molecule has 0 atom stereocenters. The Hall–Kier alpha value is -1.50. The third-order valence-corrected chi connectivity index (χ3v) is 1.87. The summed E-state index contributed by atoms with van der Waals surface area (Å²) in [4.78, 5) is 0. The van der Waals surface area contributed by atoms with Crippen LogP contribution in [0.4, 0.5) is 0 Å². The third-order valence-electron chi connectivity index (χ3n) is 1.87. The first-order chi connectivity index (χ1) is 5.88. The molecule has 0 aliphatic heterocycles. The van der Waals surface area contributed by atoms with Crippen LogP contribution in [0.1, 0.15) is 5.56 Å². The summed E-state index contributed by atoms with van der Waals surface area (Å²) in [6.45, 7) is 3.96. The Labute approximate surface area is 72.3 Å². The average molecular weight is 156 g/mol. The van der Waals surface area contributed by atoms with Crippen LogP contribution >= 0.6 is 0 Å². The summed E-state index contributed by atoms with van der Waals surface area (Å²) < 4.78 is 2.06. The van der Waals surface area contributed by atoms with Crippen LogP contribution in [0.2, 0.25) is 0 Å². The molecule has 2 aromatic rings. The molecule has 59 valence electrons. The first-order valence-corrected chi connectivity index (χ1v) is 3.92. The van der Waals surface area contributed by atoms with Gasteiger partial charge < -0.3 is 4.57 Å². The molecule has 1 aromatic carbocycles. The van der Waals surface area contributed by atoms with Crippen molar-refractivity contribution in [1.29, 1.82) is 0 Å². The number of aromatic nitrogens is 1. The zero-order valence-electron chi connectivity index (χ0n) is 6.77. The standard InChI is InChI=1S/C11H10N/c1-10-6-2-3-7-11(10)12-8-4-5-9-12/h2-9H,1H2. The SMILES string of the molecule is [CH2]c1ccccc1-n1cccc1. The van der Waals surface area contributed by atoms with Crippen LogP contribution in [-0.4, -0.2) is 4.57 Å². The van der Waals surface area contributed by atoms with Gasteiger partial charge in [-0.25, -0.2) is 0 Å². The van der Waals surface area contributed by atoms with Crippen molar-refractivity contribution < 1.29 is 0 Å². The zero-order chi connectivity index (χ0) is 8.39. The molecule has 1 heteroatoms. The molecule has 0 aliphatic rings. The molecule has 1 heterocycles. The van der Waals surface area contributed by atoms with E-state index in [0.29, 0.717) is 0 Å². The van der Waals surface area contributed by atoms with Crippen molar-refractivity contribution in [3.8, 4) is 5.69 Å². The Kier molecular flexibility index (Phi) is 1.71. The van der Waals surface area contributed by atoms with E-state index in [-0.39, 0.29) is 0 Å². The number of para-hydroxylation sites is 1. The molecule has 12 heavy (non-hydrogen) atoms. The molecule has 0 amide bonds. The topological polar surface area (TPSA) is 4.93 Å². The van der Waals surface area contributed by atoms with Crippen molar-refractivity contribution >= 4 is 0 Å². The fourth-order valence-corrected chi connectivity index (χ4v) is 1.26. The van der Waals surface area contributed by atoms with Crippen LogP contribution in [0.25, 0.3) is 5.69 Å². The molecular weight excluding hydrogens is 146 g/mol. The van der Waals surface area contributed by atoms with Crippen LogP contribution in [0.3, 0.4) is 0 Å². The Morgan fingerprint density at radius 3 is 2.25 bits per heavy atom. The van der Waals surface area contributed by atoms with E-state index in [1.807, 2.05) is 42.7 Å². The molecule has 2 rings (SSSR count). The quantitative estimate of drug-likeness (QED) is 0.598. The minimum Gasteiger partial charge on any atom is -0.324 e. The molecule has 1 aromatic heterocycles. The fraction of sp³-hybridized carbons (Fsp3) is 0. The van der Waals surface area contributed by atoms with E-state index in [9.17, 15) is 0 Å². The average Bonchev–Trinajstić information content (AvgIpc) is 2.57. The van der Waals surface area contributed by atoms with Gasteiger partial charge in [0.05, 0.1) is 0 Å². The van der Waals surface area contributed by atoms with Crippen LogP contribution in [0.15, 0.2) is 48.8 Å². The molecule has 0 spiro atoms. The molecular formula is C11H10N. The maximum absolute atomic E-state index is 3.96. The van der Waals surface area contributed by atoms with Crippen LogP contribution in [-0.2, 0) is 0 Å². The maximum Gasteiger partial charge on any atom is 0.0481 e. The van der Waals surface area contributed by atoms with Crippen molar-refractivity contribution in [2.45, 2.75) is 0 Å². The highest BCUT2D eigenvalue weighted by atomic mass is 14.9. The van der Waals surface area contributed by atoms with Crippen molar-refractivity contribution in [1.82, 2.24) is 4.57 Å². The largest absolute Gasteiger partial charge is 0.324 e. The van der Waals surface area contributed by atoms with Gasteiger partial charge in [-0.3, -0.25) is 0 Å². The van der Waals surface area contributed by atoms with Crippen molar-refractivity contribution in [2.75, 3.05) is 0 Å². The number of hydrogen-bond donors (Lipinski definition) is 0. The van der Waals surface area contributed by atoms with Gasteiger partial charge in [-0.1, -0.05) is 18.2 Å². The molecule has 0 aliphatic carbocycles. The Morgan fingerprint density at radius 1 is 0.917 bits per heavy atom. The summed E-state index contributed by atoms with van der Waals surface area (Å²) in [5.41, 5.74) is 2.19. The minimum absolute atomic E-state index is 1.05. The molecule has 0 saturated heterocycles. The summed E-state index contributed by atoms with van der Waals surface area (Å²) in [6.07, 6.45) is 4.04. The van der Waals surface area contributed by atoms with E-state index in [0.717, 1.165) is 11.3 Å². The maximum atomic E-state index is 3.96. The third kappa shape index (κ3) is 1.14. The van der Waals surface area contributed by atoms with Crippen LogP contribution in [0, 0.1) is 6.92 Å². The molecule has 0 unspecified atom stereocenters. The van der Waals surface area contributed by atoms with Crippen LogP contribution < -0.4 is 0 Å². The van der Waals surface area contributed by atoms with Gasteiger partial charge in [-0.15, -0.1) is 0 Å². The van der Waals surface area contributed by atoms with Gasteiger partial charge in [-0.2, -0.15) is 0 Å². The summed E-state index contributed by atoms with van der Waals surface area (Å²) in [6, 6.07) is 12.1. The van der Waals surface area contributed by atoms with E-state index in [1.165, 1.54) is 0 Å². The number of nitrogens with zero attached hydrogens (tertiary/aromatic N) is 1. The van der Waals surface area contributed by atoms with Crippen LogP contribution in [0.5, 0.6) is 0 Å².